The molecule has 37 nitrogen and oxygen atoms in total. The number of carbonyl (C=O) groups excluding carboxylic acids is 10. The molecular formula is C64H89N11O26S. The van der Waals surface area contributed by atoms with Gasteiger partial charge in [-0.05, 0) is 105 Å². The van der Waals surface area contributed by atoms with E-state index in [2.05, 4.69) is 42.5 Å². The maximum Gasteiger partial charge on any atom is 0.357 e. The van der Waals surface area contributed by atoms with Crippen LogP contribution in [0.1, 0.15) is 142 Å². The zero-order valence-electron chi connectivity index (χ0n) is 56.4. The molecule has 0 spiro atoms. The first-order valence-corrected chi connectivity index (χ1v) is 34.3. The standard InChI is InChI=1S/C64H89N11O26S/c1-5-34(4)54(72-61(94)47-9-6-28-74(47)62(95)41(20-25-51(82)83)68-58(91)44(65-48(77)22-27-53(86)87)31-36-12-16-38(76)17-13-36)63(96)75-29-7-8-46(75)60(93)67-40(19-24-50(80)81)55(88)66-39(18-23-49(78)79)56(89)71-45(32-35-10-14-37(15-11-35)73-102(99,100)101)59(92)70-43(30-33(2)3)57(90)69-42(64(97)98)21-26-52(84)85/h10-17,33-34,39-47,54,73,76H,5-9,18-32H2,1-4H3,(H,65,77)(H,66,88)(H,67,93)(H,68,91)(H,69,90)(H,70,92)(H,71,89)(H,72,94)(H,78,79)(H,80,81)(H,82,83)(H,84,85)(H,86,87)(H,97,98)(H,99,100,101)/t34-,39-,40-,41-,42-,43-,44-,45-,46-,47-,54-/m0/s1. The molecule has 2 aromatic carbocycles. The number of amides is 10. The van der Waals surface area contributed by atoms with Crippen molar-refractivity contribution in [3.63, 3.8) is 0 Å². The summed E-state index contributed by atoms with van der Waals surface area (Å²) in [6.45, 7) is 6.37. The van der Waals surface area contributed by atoms with E-state index in [-0.39, 0.29) is 75.0 Å². The van der Waals surface area contributed by atoms with E-state index in [0.717, 1.165) is 21.9 Å². The molecule has 2 aliphatic rings. The van der Waals surface area contributed by atoms with Gasteiger partial charge in [0, 0.05) is 58.0 Å². The summed E-state index contributed by atoms with van der Waals surface area (Å²) in [6.07, 6.45) is -6.94. The number of nitrogens with one attached hydrogen (secondary N) is 9. The smallest absolute Gasteiger partial charge is 0.357 e. The lowest BCUT2D eigenvalue weighted by molar-refractivity contribution is -0.146. The summed E-state index contributed by atoms with van der Waals surface area (Å²) in [5.74, 6) is -20.0. The maximum atomic E-state index is 14.8. The van der Waals surface area contributed by atoms with Crippen molar-refractivity contribution in [3.8, 4) is 5.75 Å². The van der Waals surface area contributed by atoms with Crippen LogP contribution in [-0.4, -0.2) is 227 Å². The number of anilines is 1. The van der Waals surface area contributed by atoms with Crippen LogP contribution in [0, 0.1) is 11.8 Å². The molecule has 0 radical (unpaired) electrons. The molecule has 2 aromatic rings. The van der Waals surface area contributed by atoms with Crippen molar-refractivity contribution in [1.82, 2.24) is 52.3 Å². The second-order valence-electron chi connectivity index (χ2n) is 25.2. The summed E-state index contributed by atoms with van der Waals surface area (Å²) in [5.41, 5.74) is 0.408. The van der Waals surface area contributed by atoms with Crippen LogP contribution in [0.4, 0.5) is 5.69 Å². The Kier molecular flexibility index (Phi) is 32.9. The number of phenolic OH excluding ortho intramolecular Hbond substituents is 1. The molecule has 0 saturated carbocycles. The minimum absolute atomic E-state index is 0.0121. The van der Waals surface area contributed by atoms with Gasteiger partial charge in [-0.3, -0.25) is 81.2 Å². The molecule has 10 amide bonds. The number of aromatic hydroxyl groups is 1. The SMILES string of the molecule is CC[C@H](C)[C@H](NC(=O)[C@@H]1CCCN1C(=O)[C@H](CCC(=O)O)NC(=O)[C@H](Cc1ccc(O)cc1)NC(=O)CCC(=O)O)C(=O)N1CCC[C@H]1C(=O)N[C@@H](CCC(=O)O)C(=O)N[C@@H](CCC(=O)O)C(=O)N[C@@H](Cc1ccc(NS(=O)(=O)O)cc1)C(=O)N[C@@H](CC(C)C)C(=O)N[C@@H](CCC(=O)O)C(=O)O. The lowest BCUT2D eigenvalue weighted by atomic mass is 9.96. The molecule has 11 atom stereocenters. The van der Waals surface area contributed by atoms with Crippen LogP contribution in [0.2, 0.25) is 0 Å². The summed E-state index contributed by atoms with van der Waals surface area (Å²) in [4.78, 5) is 215. The molecule has 0 bridgehead atoms. The average Bonchev–Trinajstić information content (AvgIpc) is 1.62. The van der Waals surface area contributed by atoms with Crippen LogP contribution < -0.4 is 47.3 Å². The highest BCUT2D eigenvalue weighted by atomic mass is 32.2. The van der Waals surface area contributed by atoms with E-state index in [4.69, 9.17) is 10.2 Å². The Hall–Kier alpha value is -10.5. The monoisotopic (exact) mass is 1460 g/mol. The Morgan fingerprint density at radius 2 is 0.843 bits per heavy atom. The largest absolute Gasteiger partial charge is 0.508 e. The molecule has 0 aliphatic carbocycles. The highest BCUT2D eigenvalue weighted by molar-refractivity contribution is 7.87. The Balaban J connectivity index is 1.61. The number of carboxylic acid groups (broad SMARTS) is 6. The van der Waals surface area contributed by atoms with Gasteiger partial charge in [0.15, 0.2) is 0 Å². The molecule has 0 aromatic heterocycles. The Morgan fingerprint density at radius 3 is 1.30 bits per heavy atom. The number of hydrogen-bond acceptors (Lipinski definition) is 19. The average molecular weight is 1460 g/mol. The van der Waals surface area contributed by atoms with Crippen molar-refractivity contribution in [2.75, 3.05) is 17.8 Å². The van der Waals surface area contributed by atoms with Gasteiger partial charge in [0.1, 0.15) is 66.2 Å². The van der Waals surface area contributed by atoms with Gasteiger partial charge in [-0.2, -0.15) is 8.42 Å². The van der Waals surface area contributed by atoms with E-state index in [1.165, 1.54) is 36.4 Å². The Bertz CT molecular complexity index is 3500. The van der Waals surface area contributed by atoms with Crippen molar-refractivity contribution in [2.45, 2.75) is 204 Å². The van der Waals surface area contributed by atoms with Gasteiger partial charge in [0.05, 0.1) is 12.1 Å². The number of rotatable bonds is 43. The molecule has 102 heavy (non-hydrogen) atoms. The molecule has 2 aliphatic heterocycles. The number of carbonyl (C=O) groups is 16. The van der Waals surface area contributed by atoms with E-state index >= 15 is 0 Å². The third kappa shape index (κ3) is 28.2. The molecule has 0 unspecified atom stereocenters. The quantitative estimate of drug-likeness (QED) is 0.0345. The van der Waals surface area contributed by atoms with Crippen LogP contribution in [0.5, 0.6) is 5.75 Å². The normalized spacial score (nSPS) is 16.9. The fourth-order valence-electron chi connectivity index (χ4n) is 11.2. The van der Waals surface area contributed by atoms with Crippen molar-refractivity contribution in [3.05, 3.63) is 59.7 Å². The summed E-state index contributed by atoms with van der Waals surface area (Å²) >= 11 is 0. The van der Waals surface area contributed by atoms with E-state index in [0.29, 0.717) is 5.56 Å². The van der Waals surface area contributed by atoms with Crippen LogP contribution >= 0.6 is 0 Å². The first-order chi connectivity index (χ1) is 47.9. The molecule has 2 heterocycles. The van der Waals surface area contributed by atoms with Crippen molar-refractivity contribution in [1.29, 1.82) is 0 Å². The van der Waals surface area contributed by atoms with E-state index in [1.54, 1.807) is 27.7 Å². The predicted molar refractivity (Wildman–Crippen MR) is 353 cm³/mol. The van der Waals surface area contributed by atoms with Crippen molar-refractivity contribution in [2.24, 2.45) is 11.8 Å². The fraction of sp³-hybridized carbons (Fsp3) is 0.562. The highest BCUT2D eigenvalue weighted by Crippen LogP contribution is 2.26. The van der Waals surface area contributed by atoms with E-state index in [1.807, 2.05) is 4.72 Å². The van der Waals surface area contributed by atoms with Gasteiger partial charge in [-0.25, -0.2) is 4.79 Å². The summed E-state index contributed by atoms with van der Waals surface area (Å²) in [6, 6.07) is -5.80. The molecule has 38 heteroatoms. The topological polar surface area (TPSA) is 584 Å². The predicted octanol–water partition coefficient (Wildman–Crippen LogP) is -1.25. The van der Waals surface area contributed by atoms with Crippen LogP contribution in [0.3, 0.4) is 0 Å². The van der Waals surface area contributed by atoms with Gasteiger partial charge in [0.2, 0.25) is 59.1 Å². The molecule has 4 rings (SSSR count). The van der Waals surface area contributed by atoms with E-state index < -0.39 is 248 Å². The highest BCUT2D eigenvalue weighted by Gasteiger charge is 2.44. The summed E-state index contributed by atoms with van der Waals surface area (Å²) in [5, 5.41) is 86.5. The van der Waals surface area contributed by atoms with Crippen LogP contribution in [-0.2, 0) is 99.9 Å². The second-order valence-corrected chi connectivity index (χ2v) is 26.3. The van der Waals surface area contributed by atoms with Gasteiger partial charge < -0.3 is 88.1 Å². The maximum absolute atomic E-state index is 14.8. The Labute approximate surface area is 585 Å². The fourth-order valence-corrected chi connectivity index (χ4v) is 11.7. The lowest BCUT2D eigenvalue weighted by Crippen LogP contribution is -2.61. The lowest BCUT2D eigenvalue weighted by Gasteiger charge is -2.34. The molecule has 2 fully saturated rings. The number of aliphatic carboxylic acids is 6. The van der Waals surface area contributed by atoms with Crippen molar-refractivity contribution >= 4 is 111 Å². The zero-order valence-corrected chi connectivity index (χ0v) is 57.2. The van der Waals surface area contributed by atoms with Crippen LogP contribution in [0.15, 0.2) is 48.5 Å². The number of likely N-dealkylation sites (tertiary alicyclic amines) is 2. The van der Waals surface area contributed by atoms with Gasteiger partial charge in [-0.1, -0.05) is 58.4 Å². The number of benzene rings is 2. The third-order valence-electron chi connectivity index (χ3n) is 16.7. The first kappa shape index (κ1) is 83.9. The van der Waals surface area contributed by atoms with Gasteiger partial charge in [0.25, 0.3) is 0 Å². The molecule has 562 valence electrons. The number of nitrogens with zero attached hydrogens (tertiary/aromatic N) is 2. The first-order valence-electron chi connectivity index (χ1n) is 32.8. The third-order valence-corrected chi connectivity index (χ3v) is 17.2. The number of carboxylic acids is 6. The Morgan fingerprint density at radius 1 is 0.461 bits per heavy atom. The second kappa shape index (κ2) is 40.1. The zero-order chi connectivity index (χ0) is 76.3. The summed E-state index contributed by atoms with van der Waals surface area (Å²) < 4.78 is 34.1. The van der Waals surface area contributed by atoms with Gasteiger partial charge in [-0.15, -0.1) is 0 Å². The van der Waals surface area contributed by atoms with Crippen molar-refractivity contribution < 1.29 is 125 Å². The minimum Gasteiger partial charge on any atom is -0.508 e. The number of phenols is 1. The minimum atomic E-state index is -4.77. The molecule has 2 saturated heterocycles. The van der Waals surface area contributed by atoms with E-state index in [9.17, 15) is 115 Å². The van der Waals surface area contributed by atoms with Gasteiger partial charge >= 0.3 is 46.1 Å². The molecule has 17 N–H and O–H groups in total. The summed E-state index contributed by atoms with van der Waals surface area (Å²) in [7, 11) is -4.77. The molecular weight excluding hydrogens is 1370 g/mol. The van der Waals surface area contributed by atoms with Crippen LogP contribution in [0.25, 0.3) is 0 Å². The number of hydrogen-bond donors (Lipinski definition) is 17.